The summed E-state index contributed by atoms with van der Waals surface area (Å²) in [6.45, 7) is 3.66. The van der Waals surface area contributed by atoms with Crippen molar-refractivity contribution < 1.29 is 14.3 Å². The van der Waals surface area contributed by atoms with Crippen LogP contribution in [0.3, 0.4) is 0 Å². The first kappa shape index (κ1) is 17.0. The molecule has 0 aromatic heterocycles. The van der Waals surface area contributed by atoms with Crippen LogP contribution in [-0.2, 0) is 4.79 Å². The summed E-state index contributed by atoms with van der Waals surface area (Å²) in [6.07, 6.45) is 0. The lowest BCUT2D eigenvalue weighted by Crippen LogP contribution is -2.23. The van der Waals surface area contributed by atoms with Crippen LogP contribution in [-0.4, -0.2) is 18.4 Å². The van der Waals surface area contributed by atoms with Crippen molar-refractivity contribution in [1.82, 2.24) is 0 Å². The SMILES string of the molecule is Cc1cc(Br)cc(C)c1OCC(=O)Nc1ccccc1C(N)=O. The molecule has 0 aliphatic rings. The van der Waals surface area contributed by atoms with Gasteiger partial charge in [-0.25, -0.2) is 0 Å². The molecule has 2 rings (SSSR count). The van der Waals surface area contributed by atoms with Gasteiger partial charge in [-0.3, -0.25) is 9.59 Å². The fourth-order valence-corrected chi connectivity index (χ4v) is 2.94. The fraction of sp³-hybridized carbons (Fsp3) is 0.176. The Labute approximate surface area is 143 Å². The second-order valence-corrected chi connectivity index (χ2v) is 6.03. The second kappa shape index (κ2) is 7.28. The normalized spacial score (nSPS) is 10.2. The third kappa shape index (κ3) is 4.32. The zero-order chi connectivity index (χ0) is 17.0. The Morgan fingerprint density at radius 1 is 1.17 bits per heavy atom. The maximum Gasteiger partial charge on any atom is 0.262 e. The molecule has 0 aliphatic carbocycles. The summed E-state index contributed by atoms with van der Waals surface area (Å²) in [4.78, 5) is 23.4. The van der Waals surface area contributed by atoms with Gasteiger partial charge in [0.25, 0.3) is 11.8 Å². The molecule has 2 amide bonds. The number of amides is 2. The van der Waals surface area contributed by atoms with E-state index in [0.29, 0.717) is 11.4 Å². The molecule has 0 fully saturated rings. The topological polar surface area (TPSA) is 81.4 Å². The van der Waals surface area contributed by atoms with Crippen molar-refractivity contribution >= 4 is 33.4 Å². The summed E-state index contributed by atoms with van der Waals surface area (Å²) >= 11 is 3.41. The molecule has 6 heteroatoms. The number of nitrogens with one attached hydrogen (secondary N) is 1. The molecule has 0 heterocycles. The van der Waals surface area contributed by atoms with Crippen molar-refractivity contribution in [3.05, 3.63) is 57.6 Å². The van der Waals surface area contributed by atoms with Crippen LogP contribution in [0, 0.1) is 13.8 Å². The summed E-state index contributed by atoms with van der Waals surface area (Å²) in [7, 11) is 0. The quantitative estimate of drug-likeness (QED) is 0.840. The zero-order valence-electron chi connectivity index (χ0n) is 12.9. The molecule has 0 saturated heterocycles. The van der Waals surface area contributed by atoms with Crippen LogP contribution in [0.25, 0.3) is 0 Å². The van der Waals surface area contributed by atoms with Gasteiger partial charge in [0.05, 0.1) is 11.3 Å². The molecule has 2 aromatic rings. The van der Waals surface area contributed by atoms with Crippen LogP contribution < -0.4 is 15.8 Å². The molecule has 5 nitrogen and oxygen atoms in total. The molecule has 2 aromatic carbocycles. The van der Waals surface area contributed by atoms with E-state index in [2.05, 4.69) is 21.2 Å². The van der Waals surface area contributed by atoms with Gasteiger partial charge < -0.3 is 15.8 Å². The van der Waals surface area contributed by atoms with Crippen LogP contribution in [0.5, 0.6) is 5.75 Å². The largest absolute Gasteiger partial charge is 0.483 e. The van der Waals surface area contributed by atoms with E-state index in [1.807, 2.05) is 26.0 Å². The second-order valence-electron chi connectivity index (χ2n) is 5.12. The summed E-state index contributed by atoms with van der Waals surface area (Å²) in [5, 5.41) is 2.64. The molecule has 0 spiro atoms. The van der Waals surface area contributed by atoms with Crippen LogP contribution >= 0.6 is 15.9 Å². The number of carbonyl (C=O) groups is 2. The monoisotopic (exact) mass is 376 g/mol. The van der Waals surface area contributed by atoms with E-state index in [0.717, 1.165) is 15.6 Å². The molecule has 0 radical (unpaired) electrons. The first-order valence-electron chi connectivity index (χ1n) is 6.96. The summed E-state index contributed by atoms with van der Waals surface area (Å²) in [5.74, 6) is -0.284. The Morgan fingerprint density at radius 2 is 1.78 bits per heavy atom. The van der Waals surface area contributed by atoms with Crippen LogP contribution in [0.1, 0.15) is 21.5 Å². The van der Waals surface area contributed by atoms with Crippen molar-refractivity contribution in [1.29, 1.82) is 0 Å². The average Bonchev–Trinajstić information content (AvgIpc) is 2.46. The molecular weight excluding hydrogens is 360 g/mol. The van der Waals surface area contributed by atoms with Gasteiger partial charge in [0.1, 0.15) is 5.75 Å². The standard InChI is InChI=1S/C17H17BrN2O3/c1-10-7-12(18)8-11(2)16(10)23-9-15(21)20-14-6-4-3-5-13(14)17(19)22/h3-8H,9H2,1-2H3,(H2,19,22)(H,20,21). The summed E-state index contributed by atoms with van der Waals surface area (Å²) in [6, 6.07) is 10.4. The number of ether oxygens (including phenoxy) is 1. The smallest absolute Gasteiger partial charge is 0.262 e. The van der Waals surface area contributed by atoms with Crippen molar-refractivity contribution in [2.24, 2.45) is 5.73 Å². The molecule has 0 aliphatic heterocycles. The lowest BCUT2D eigenvalue weighted by molar-refractivity contribution is -0.118. The maximum absolute atomic E-state index is 12.1. The van der Waals surface area contributed by atoms with E-state index in [1.165, 1.54) is 0 Å². The Bertz CT molecular complexity index is 736. The Morgan fingerprint density at radius 3 is 2.39 bits per heavy atom. The number of nitrogens with two attached hydrogens (primary N) is 1. The van der Waals surface area contributed by atoms with Crippen LogP contribution in [0.4, 0.5) is 5.69 Å². The van der Waals surface area contributed by atoms with Gasteiger partial charge in [-0.2, -0.15) is 0 Å². The van der Waals surface area contributed by atoms with Crippen molar-refractivity contribution in [2.45, 2.75) is 13.8 Å². The molecule has 3 N–H and O–H groups in total. The average molecular weight is 377 g/mol. The highest BCUT2D eigenvalue weighted by Gasteiger charge is 2.12. The number of anilines is 1. The van der Waals surface area contributed by atoms with Gasteiger partial charge >= 0.3 is 0 Å². The first-order chi connectivity index (χ1) is 10.9. The molecule has 23 heavy (non-hydrogen) atoms. The highest BCUT2D eigenvalue weighted by molar-refractivity contribution is 9.10. The minimum Gasteiger partial charge on any atom is -0.483 e. The third-order valence-corrected chi connectivity index (χ3v) is 3.70. The Kier molecular flexibility index (Phi) is 5.39. The van der Waals surface area contributed by atoms with Crippen molar-refractivity contribution in [2.75, 3.05) is 11.9 Å². The number of rotatable bonds is 5. The van der Waals surface area contributed by atoms with Gasteiger partial charge in [0.15, 0.2) is 6.61 Å². The van der Waals surface area contributed by atoms with E-state index in [1.54, 1.807) is 24.3 Å². The van der Waals surface area contributed by atoms with E-state index in [-0.39, 0.29) is 18.1 Å². The summed E-state index contributed by atoms with van der Waals surface area (Å²) < 4.78 is 6.57. The number of carbonyl (C=O) groups excluding carboxylic acids is 2. The van der Waals surface area contributed by atoms with Crippen LogP contribution in [0.15, 0.2) is 40.9 Å². The third-order valence-electron chi connectivity index (χ3n) is 3.24. The minimum absolute atomic E-state index is 0.156. The van der Waals surface area contributed by atoms with E-state index >= 15 is 0 Å². The lowest BCUT2D eigenvalue weighted by atomic mass is 10.1. The van der Waals surface area contributed by atoms with Gasteiger partial charge in [0.2, 0.25) is 0 Å². The zero-order valence-corrected chi connectivity index (χ0v) is 14.4. The van der Waals surface area contributed by atoms with E-state index in [4.69, 9.17) is 10.5 Å². The number of benzene rings is 2. The number of hydrogen-bond donors (Lipinski definition) is 2. The lowest BCUT2D eigenvalue weighted by Gasteiger charge is -2.13. The van der Waals surface area contributed by atoms with Gasteiger partial charge in [-0.1, -0.05) is 28.1 Å². The molecule has 0 atom stereocenters. The predicted molar refractivity (Wildman–Crippen MR) is 92.7 cm³/mol. The van der Waals surface area contributed by atoms with E-state index < -0.39 is 5.91 Å². The molecule has 120 valence electrons. The Balaban J connectivity index is 2.06. The number of aryl methyl sites for hydroxylation is 2. The number of para-hydroxylation sites is 1. The van der Waals surface area contributed by atoms with Gasteiger partial charge in [-0.05, 0) is 49.2 Å². The number of hydrogen-bond acceptors (Lipinski definition) is 3. The number of primary amides is 1. The van der Waals surface area contributed by atoms with Crippen molar-refractivity contribution in [3.8, 4) is 5.75 Å². The van der Waals surface area contributed by atoms with Crippen LogP contribution in [0.2, 0.25) is 0 Å². The fourth-order valence-electron chi connectivity index (χ4n) is 2.26. The minimum atomic E-state index is -0.596. The molecule has 0 unspecified atom stereocenters. The summed E-state index contributed by atoms with van der Waals surface area (Å²) in [5.41, 5.74) is 7.78. The number of halogens is 1. The van der Waals surface area contributed by atoms with Crippen molar-refractivity contribution in [3.63, 3.8) is 0 Å². The first-order valence-corrected chi connectivity index (χ1v) is 7.76. The molecular formula is C17H17BrN2O3. The molecule has 0 bridgehead atoms. The maximum atomic E-state index is 12.1. The highest BCUT2D eigenvalue weighted by atomic mass is 79.9. The van der Waals surface area contributed by atoms with Gasteiger partial charge in [0, 0.05) is 4.47 Å². The predicted octanol–water partition coefficient (Wildman–Crippen LogP) is 3.18. The van der Waals surface area contributed by atoms with E-state index in [9.17, 15) is 9.59 Å². The van der Waals surface area contributed by atoms with Gasteiger partial charge in [-0.15, -0.1) is 0 Å². The molecule has 0 saturated carbocycles. The highest BCUT2D eigenvalue weighted by Crippen LogP contribution is 2.27. The Hall–Kier alpha value is -2.34.